The number of hydrogen-bond acceptors (Lipinski definition) is 1. The Labute approximate surface area is 90.1 Å². The minimum atomic E-state index is -3.02. The quantitative estimate of drug-likeness (QED) is 0.628. The zero-order valence-electron chi connectivity index (χ0n) is 8.54. The molecule has 1 aromatic rings. The van der Waals surface area contributed by atoms with Crippen molar-refractivity contribution in [3.05, 3.63) is 48.6 Å². The van der Waals surface area contributed by atoms with Gasteiger partial charge in [0.1, 0.15) is 0 Å². The van der Waals surface area contributed by atoms with Crippen LogP contribution in [0.25, 0.3) is 0 Å². The average molecular weight is 222 g/mol. The van der Waals surface area contributed by atoms with Crippen LogP contribution in [0.15, 0.2) is 43.0 Å². The highest BCUT2D eigenvalue weighted by Gasteiger charge is 2.47. The Hall–Kier alpha value is -0.850. The molecular weight excluding hydrogens is 207 g/mol. The first-order valence-corrected chi connectivity index (χ1v) is 7.03. The summed E-state index contributed by atoms with van der Waals surface area (Å²) < 4.78 is 12.0. The summed E-state index contributed by atoms with van der Waals surface area (Å²) in [5.74, 6) is 0.254. The van der Waals surface area contributed by atoms with Gasteiger partial charge in [-0.1, -0.05) is 36.4 Å². The summed E-state index contributed by atoms with van der Waals surface area (Å²) in [6.45, 7) is 3.66. The zero-order chi connectivity index (χ0) is 10.9. The molecular formula is C12H15O2P. The van der Waals surface area contributed by atoms with Crippen molar-refractivity contribution < 1.29 is 9.46 Å². The number of allylic oxidation sites excluding steroid dienone is 1. The van der Waals surface area contributed by atoms with Crippen molar-refractivity contribution in [3.8, 4) is 0 Å². The molecule has 2 rings (SSSR count). The van der Waals surface area contributed by atoms with E-state index in [2.05, 4.69) is 6.58 Å². The van der Waals surface area contributed by atoms with Gasteiger partial charge in [0.15, 0.2) is 0 Å². The maximum Gasteiger partial charge on any atom is 0.208 e. The van der Waals surface area contributed by atoms with Crippen LogP contribution in [0.4, 0.5) is 0 Å². The van der Waals surface area contributed by atoms with Crippen molar-refractivity contribution >= 4 is 7.37 Å². The van der Waals surface area contributed by atoms with Crippen molar-refractivity contribution in [2.24, 2.45) is 5.92 Å². The van der Waals surface area contributed by atoms with Gasteiger partial charge in [-0.05, 0) is 17.9 Å². The maximum absolute atomic E-state index is 12.0. The van der Waals surface area contributed by atoms with E-state index in [4.69, 9.17) is 0 Å². The average Bonchev–Trinajstić information content (AvgIpc) is 2.98. The predicted octanol–water partition coefficient (Wildman–Crippen LogP) is 3.03. The molecule has 1 aliphatic rings. The summed E-state index contributed by atoms with van der Waals surface area (Å²) in [7, 11) is -3.02. The largest absolute Gasteiger partial charge is 0.344 e. The molecule has 3 heteroatoms. The molecule has 0 aromatic heterocycles. The van der Waals surface area contributed by atoms with E-state index in [0.29, 0.717) is 6.16 Å². The molecule has 2 nitrogen and oxygen atoms in total. The number of benzene rings is 1. The van der Waals surface area contributed by atoms with Crippen LogP contribution in [-0.2, 0) is 10.7 Å². The molecule has 0 amide bonds. The Kier molecular flexibility index (Phi) is 2.81. The van der Waals surface area contributed by atoms with Gasteiger partial charge < -0.3 is 4.89 Å². The second kappa shape index (κ2) is 3.96. The molecule has 80 valence electrons. The second-order valence-electron chi connectivity index (χ2n) is 4.10. The van der Waals surface area contributed by atoms with E-state index in [9.17, 15) is 9.46 Å². The lowest BCUT2D eigenvalue weighted by Crippen LogP contribution is -1.94. The molecule has 1 N–H and O–H groups in total. The fourth-order valence-corrected chi connectivity index (χ4v) is 4.14. The standard InChI is InChI=1S/C12H15O2P/c1-2-11-8-12(11)15(13,14)9-10-6-4-3-5-7-10/h2-7,11-12H,1,8-9H2,(H,13,14). The SMILES string of the molecule is C=CC1CC1P(=O)(O)Cc1ccccc1. The third-order valence-electron chi connectivity index (χ3n) is 2.88. The molecule has 0 saturated heterocycles. The van der Waals surface area contributed by atoms with Gasteiger partial charge in [0.2, 0.25) is 7.37 Å². The Morgan fingerprint density at radius 3 is 2.67 bits per heavy atom. The summed E-state index contributed by atoms with van der Waals surface area (Å²) in [5, 5.41) is 0. The fraction of sp³-hybridized carbons (Fsp3) is 0.333. The first-order valence-electron chi connectivity index (χ1n) is 5.11. The molecule has 1 saturated carbocycles. The van der Waals surface area contributed by atoms with E-state index >= 15 is 0 Å². The van der Waals surface area contributed by atoms with Crippen LogP contribution in [0.2, 0.25) is 0 Å². The highest BCUT2D eigenvalue weighted by Crippen LogP contribution is 2.63. The van der Waals surface area contributed by atoms with E-state index in [0.717, 1.165) is 12.0 Å². The van der Waals surface area contributed by atoms with Gasteiger partial charge in [-0.15, -0.1) is 6.58 Å². The van der Waals surface area contributed by atoms with Crippen LogP contribution < -0.4 is 0 Å². The summed E-state index contributed by atoms with van der Waals surface area (Å²) in [5.41, 5.74) is 0.897. The maximum atomic E-state index is 12.0. The first kappa shape index (κ1) is 10.7. The van der Waals surface area contributed by atoms with Crippen LogP contribution in [0.3, 0.4) is 0 Å². The lowest BCUT2D eigenvalue weighted by molar-refractivity contribution is 0.474. The molecule has 3 atom stereocenters. The summed E-state index contributed by atoms with van der Waals surface area (Å²) in [6, 6.07) is 9.50. The van der Waals surface area contributed by atoms with Gasteiger partial charge in [0, 0.05) is 11.8 Å². The third kappa shape index (κ3) is 2.39. The second-order valence-corrected chi connectivity index (χ2v) is 6.59. The molecule has 0 heterocycles. The predicted molar refractivity (Wildman–Crippen MR) is 62.1 cm³/mol. The van der Waals surface area contributed by atoms with Crippen LogP contribution in [0.1, 0.15) is 12.0 Å². The van der Waals surface area contributed by atoms with Crippen molar-refractivity contribution in [2.45, 2.75) is 18.2 Å². The molecule has 0 spiro atoms. The smallest absolute Gasteiger partial charge is 0.208 e. The van der Waals surface area contributed by atoms with Gasteiger partial charge in [-0.3, -0.25) is 4.57 Å². The van der Waals surface area contributed by atoms with Gasteiger partial charge in [0.05, 0.1) is 0 Å². The van der Waals surface area contributed by atoms with Crippen molar-refractivity contribution in [1.29, 1.82) is 0 Å². The summed E-state index contributed by atoms with van der Waals surface area (Å²) >= 11 is 0. The molecule has 15 heavy (non-hydrogen) atoms. The molecule has 0 aliphatic heterocycles. The number of hydrogen-bond donors (Lipinski definition) is 1. The van der Waals surface area contributed by atoms with Crippen LogP contribution in [0, 0.1) is 5.92 Å². The normalized spacial score (nSPS) is 28.1. The van der Waals surface area contributed by atoms with Crippen molar-refractivity contribution in [1.82, 2.24) is 0 Å². The minimum absolute atomic E-state index is 0.0461. The monoisotopic (exact) mass is 222 g/mol. The van der Waals surface area contributed by atoms with Crippen LogP contribution in [0.5, 0.6) is 0 Å². The van der Waals surface area contributed by atoms with Crippen LogP contribution in [-0.4, -0.2) is 10.6 Å². The summed E-state index contributed by atoms with van der Waals surface area (Å²) in [4.78, 5) is 9.92. The molecule has 1 fully saturated rings. The fourth-order valence-electron chi connectivity index (χ4n) is 1.88. The number of rotatable bonds is 4. The minimum Gasteiger partial charge on any atom is -0.344 e. The topological polar surface area (TPSA) is 37.3 Å². The van der Waals surface area contributed by atoms with Crippen molar-refractivity contribution in [2.75, 3.05) is 0 Å². The van der Waals surface area contributed by atoms with Gasteiger partial charge >= 0.3 is 0 Å². The lowest BCUT2D eigenvalue weighted by Gasteiger charge is -2.10. The highest BCUT2D eigenvalue weighted by atomic mass is 31.2. The Morgan fingerprint density at radius 2 is 2.13 bits per heavy atom. The van der Waals surface area contributed by atoms with Crippen LogP contribution >= 0.6 is 7.37 Å². The molecule has 1 aliphatic carbocycles. The molecule has 0 bridgehead atoms. The van der Waals surface area contributed by atoms with E-state index < -0.39 is 7.37 Å². The van der Waals surface area contributed by atoms with Gasteiger partial charge in [-0.2, -0.15) is 0 Å². The Bertz CT molecular complexity index is 399. The third-order valence-corrected chi connectivity index (χ3v) is 5.33. The Morgan fingerprint density at radius 1 is 1.47 bits per heavy atom. The molecule has 0 radical (unpaired) electrons. The zero-order valence-corrected chi connectivity index (χ0v) is 9.44. The van der Waals surface area contributed by atoms with Gasteiger partial charge in [-0.25, -0.2) is 0 Å². The molecule has 3 unspecified atom stereocenters. The Balaban J connectivity index is 2.06. The summed E-state index contributed by atoms with van der Waals surface area (Å²) in [6.07, 6.45) is 2.91. The first-order chi connectivity index (χ1) is 7.13. The highest BCUT2D eigenvalue weighted by molar-refractivity contribution is 7.58. The van der Waals surface area contributed by atoms with E-state index in [1.807, 2.05) is 30.3 Å². The molecule has 1 aromatic carbocycles. The van der Waals surface area contributed by atoms with E-state index in [-0.39, 0.29) is 11.6 Å². The lowest BCUT2D eigenvalue weighted by atomic mass is 10.2. The van der Waals surface area contributed by atoms with Gasteiger partial charge in [0.25, 0.3) is 0 Å². The van der Waals surface area contributed by atoms with E-state index in [1.165, 1.54) is 0 Å². The van der Waals surface area contributed by atoms with Crippen molar-refractivity contribution in [3.63, 3.8) is 0 Å². The van der Waals surface area contributed by atoms with E-state index in [1.54, 1.807) is 6.08 Å².